The quantitative estimate of drug-likeness (QED) is 0.0853. The minimum atomic E-state index is -0.504. The van der Waals surface area contributed by atoms with Crippen molar-refractivity contribution in [3.05, 3.63) is 99.1 Å². The molecule has 48 heavy (non-hydrogen) atoms. The summed E-state index contributed by atoms with van der Waals surface area (Å²) < 4.78 is 2.06. The van der Waals surface area contributed by atoms with Crippen LogP contribution in [-0.4, -0.2) is 37.8 Å². The molecule has 3 aliphatic carbocycles. The Bertz CT molecular complexity index is 1400. The predicted molar refractivity (Wildman–Crippen MR) is 204 cm³/mol. The fourth-order valence-electron chi connectivity index (χ4n) is 7.78. The molecule has 0 aliphatic heterocycles. The van der Waals surface area contributed by atoms with E-state index in [2.05, 4.69) is 21.7 Å². The molecule has 3 aliphatic rings. The van der Waals surface area contributed by atoms with Crippen molar-refractivity contribution < 1.29 is 25.7 Å². The van der Waals surface area contributed by atoms with Crippen molar-refractivity contribution in [2.75, 3.05) is 0 Å². The first-order chi connectivity index (χ1) is 23.4. The second-order valence-corrected chi connectivity index (χ2v) is 18.8. The molecule has 0 aromatic heterocycles. The Labute approximate surface area is 301 Å². The summed E-state index contributed by atoms with van der Waals surface area (Å²) in [7, 11) is 5.52. The van der Waals surface area contributed by atoms with Gasteiger partial charge in [0.1, 0.15) is 5.75 Å². The second kappa shape index (κ2) is 21.1. The number of nitro benzene ring substituents is 1. The number of aryl methyl sites for hydroxylation is 2. The maximum absolute atomic E-state index is 10.7. The van der Waals surface area contributed by atoms with E-state index < -0.39 is 4.92 Å². The average molecular weight is 778 g/mol. The Morgan fingerprint density at radius 1 is 0.771 bits per heavy atom. The summed E-state index contributed by atoms with van der Waals surface area (Å²) in [6, 6.07) is 19.8. The average Bonchev–Trinajstić information content (AvgIpc) is 3.11. The number of phenols is 1. The van der Waals surface area contributed by atoms with Gasteiger partial charge in [0.15, 0.2) is 0 Å². The van der Waals surface area contributed by atoms with Crippen LogP contribution in [0.5, 0.6) is 5.75 Å². The summed E-state index contributed by atoms with van der Waals surface area (Å²) in [6.45, 7) is 3.87. The van der Waals surface area contributed by atoms with Crippen molar-refractivity contribution in [2.45, 2.75) is 127 Å². The number of nitrogens with zero attached hydrogens (tertiary/aromatic N) is 2. The Hall–Kier alpha value is -2.26. The molecule has 0 bridgehead atoms. The monoisotopic (exact) mass is 778 g/mol. The van der Waals surface area contributed by atoms with Crippen molar-refractivity contribution in [3.8, 4) is 5.75 Å². The van der Waals surface area contributed by atoms with Crippen LogP contribution >= 0.6 is 17.6 Å². The molecule has 0 atom stereocenters. The zero-order chi connectivity index (χ0) is 34.1. The van der Waals surface area contributed by atoms with Crippen LogP contribution < -0.4 is 0 Å². The number of aromatic hydroxyl groups is 1. The van der Waals surface area contributed by atoms with Crippen LogP contribution in [-0.2, 0) is 15.7 Å². The number of rotatable bonds is 7. The molecule has 6 rings (SSSR count). The van der Waals surface area contributed by atoms with Crippen LogP contribution in [0.1, 0.15) is 119 Å². The number of phenolic OH excluding ortho intramolecular Hbond substituents is 1. The van der Waals surface area contributed by atoms with Gasteiger partial charge < -0.3 is 5.11 Å². The van der Waals surface area contributed by atoms with E-state index in [1.165, 1.54) is 47.0 Å². The molecule has 3 saturated carbocycles. The van der Waals surface area contributed by atoms with E-state index >= 15 is 0 Å². The number of benzene rings is 3. The summed E-state index contributed by atoms with van der Waals surface area (Å²) in [5.41, 5.74) is 7.97. The van der Waals surface area contributed by atoms with E-state index in [4.69, 9.17) is 9.69 Å². The summed E-state index contributed by atoms with van der Waals surface area (Å²) in [5.74, 6) is -0.0365. The fraction of sp³-hybridized carbons (Fsp3) is 0.500. The molecule has 0 unspecified atom stereocenters. The number of non-ortho nitro benzene ring substituents is 1. The van der Waals surface area contributed by atoms with Crippen LogP contribution in [0.4, 0.5) is 11.4 Å². The number of halogens is 1. The van der Waals surface area contributed by atoms with Gasteiger partial charge >= 0.3 is 65.9 Å². The molecule has 1 N–H and O–H groups in total. The Morgan fingerprint density at radius 2 is 1.27 bits per heavy atom. The van der Waals surface area contributed by atoms with Gasteiger partial charge in [0.05, 0.1) is 27.6 Å². The molecule has 3 fully saturated rings. The van der Waals surface area contributed by atoms with Crippen molar-refractivity contribution >= 4 is 39.8 Å². The molecule has 8 heteroatoms. The second-order valence-electron chi connectivity index (χ2n) is 13.6. The van der Waals surface area contributed by atoms with Gasteiger partial charge in [-0.05, 0) is 108 Å². The predicted octanol–water partition coefficient (Wildman–Crippen LogP) is 11.9. The Kier molecular flexibility index (Phi) is 16.9. The molecule has 0 amide bonds. The van der Waals surface area contributed by atoms with Crippen molar-refractivity contribution in [1.82, 2.24) is 0 Å². The molecule has 0 spiro atoms. The molecular formula is C40H54ClN2O3PRu+. The zero-order valence-corrected chi connectivity index (χ0v) is 32.2. The van der Waals surface area contributed by atoms with E-state index in [0.717, 1.165) is 16.8 Å². The van der Waals surface area contributed by atoms with Gasteiger partial charge in [-0.1, -0.05) is 37.5 Å². The van der Waals surface area contributed by atoms with Crippen LogP contribution in [0, 0.1) is 24.0 Å². The van der Waals surface area contributed by atoms with Crippen LogP contribution in [0.25, 0.3) is 0 Å². The molecule has 0 heterocycles. The topological polar surface area (TPSA) is 75.7 Å². The zero-order valence-electron chi connectivity index (χ0n) is 28.7. The van der Waals surface area contributed by atoms with Gasteiger partial charge in [0.2, 0.25) is 0 Å². The van der Waals surface area contributed by atoms with E-state index in [0.29, 0.717) is 5.56 Å². The van der Waals surface area contributed by atoms with Crippen LogP contribution in [0.15, 0.2) is 71.7 Å². The number of para-hydroxylation sites is 1. The van der Waals surface area contributed by atoms with Crippen LogP contribution in [0.2, 0.25) is 0 Å². The summed E-state index contributed by atoms with van der Waals surface area (Å²) in [4.78, 5) is 14.6. The van der Waals surface area contributed by atoms with Crippen molar-refractivity contribution in [3.63, 3.8) is 0 Å². The van der Waals surface area contributed by atoms with Crippen LogP contribution in [0.3, 0.4) is 0 Å². The number of aliphatic imine (C=N–C) groups is 1. The third kappa shape index (κ3) is 12.3. The van der Waals surface area contributed by atoms with Gasteiger partial charge in [-0.15, -0.1) is 0 Å². The molecule has 3 aromatic carbocycles. The minimum absolute atomic E-state index is 0.0365. The summed E-state index contributed by atoms with van der Waals surface area (Å²) in [5, 5.41) is 20.4. The van der Waals surface area contributed by atoms with Crippen molar-refractivity contribution in [2.24, 2.45) is 4.99 Å². The van der Waals surface area contributed by atoms with E-state index in [1.54, 1.807) is 96.3 Å². The first kappa shape index (κ1) is 38.5. The number of nitro groups is 1. The third-order valence-electron chi connectivity index (χ3n) is 10.2. The maximum atomic E-state index is 10.7. The normalized spacial score (nSPS) is 18.1. The summed E-state index contributed by atoms with van der Waals surface area (Å²) in [6.07, 6.45) is 25.2. The van der Waals surface area contributed by atoms with E-state index in [1.807, 2.05) is 50.2 Å². The first-order valence-electron chi connectivity index (χ1n) is 17.9. The number of hydrogen-bond acceptors (Lipinski definition) is 4. The van der Waals surface area contributed by atoms with Gasteiger partial charge in [0, 0.05) is 31.8 Å². The van der Waals surface area contributed by atoms with E-state index in [-0.39, 0.29) is 35.0 Å². The van der Waals surface area contributed by atoms with Crippen molar-refractivity contribution in [1.29, 1.82) is 0 Å². The standard InChI is InChI=1S/C18H33P.C15H14N2O3.C7H6.ClH.Ru/c1-4-10-16(11-5-1)19(17-12-6-2-7-13-17)18-14-8-3-9-15-18;1-10-4-3-5-11(2)15(10)16-9-12-8-13(17(19)20)6-7-14(12)18;1-7-5-3-2-4-6-7;;/h16-18H,1-15H2;3-9,18H,1-2H3;1-6H;1H;/q;;;;+1. The molecule has 261 valence electrons. The SMILES string of the molecule is C1CCC([PH+](C2CCCCC2)C2CCCCC2)CC1.Cc1cccc(C)c1N=Cc1cc([N+](=O)[O-])ccc1O.[Cl][Ru]=[CH]c1ccccc1. The molecular weight excluding hydrogens is 724 g/mol. The van der Waals surface area contributed by atoms with Gasteiger partial charge in [-0.25, -0.2) is 0 Å². The number of hydrogen-bond donors (Lipinski definition) is 1. The third-order valence-corrected chi connectivity index (χ3v) is 16.0. The van der Waals surface area contributed by atoms with Gasteiger partial charge in [0.25, 0.3) is 5.69 Å². The Morgan fingerprint density at radius 3 is 1.73 bits per heavy atom. The Balaban J connectivity index is 0.000000174. The van der Waals surface area contributed by atoms with Gasteiger partial charge in [-0.3, -0.25) is 15.1 Å². The van der Waals surface area contributed by atoms with Gasteiger partial charge in [-0.2, -0.15) is 0 Å². The molecule has 0 saturated heterocycles. The molecule has 3 aromatic rings. The fourth-order valence-corrected chi connectivity index (χ4v) is 14.1. The molecule has 0 radical (unpaired) electrons. The first-order valence-corrected chi connectivity index (χ1v) is 22.9. The summed E-state index contributed by atoms with van der Waals surface area (Å²) >= 11 is -0.0765. The molecule has 5 nitrogen and oxygen atoms in total. The van der Waals surface area contributed by atoms with E-state index in [9.17, 15) is 15.2 Å².